The summed E-state index contributed by atoms with van der Waals surface area (Å²) in [7, 11) is 0. The first-order valence-electron chi connectivity index (χ1n) is 9.27. The lowest BCUT2D eigenvalue weighted by atomic mass is 10.0. The van der Waals surface area contributed by atoms with Gasteiger partial charge < -0.3 is 10.4 Å². The van der Waals surface area contributed by atoms with Crippen molar-refractivity contribution in [2.24, 2.45) is 0 Å². The SMILES string of the molecule is CCCCCC[C@H](Nc1nc(-c2ccccc2)nc2n[nH]nc12)[C@H](C)O. The van der Waals surface area contributed by atoms with Gasteiger partial charge in [0.05, 0.1) is 12.1 Å². The van der Waals surface area contributed by atoms with E-state index in [-0.39, 0.29) is 6.04 Å². The Bertz CT molecular complexity index is 817. The van der Waals surface area contributed by atoms with Crippen LogP contribution in [0, 0.1) is 0 Å². The second-order valence-corrected chi connectivity index (χ2v) is 6.60. The molecule has 0 spiro atoms. The minimum absolute atomic E-state index is 0.0923. The molecule has 138 valence electrons. The highest BCUT2D eigenvalue weighted by Crippen LogP contribution is 2.24. The van der Waals surface area contributed by atoms with Crippen molar-refractivity contribution < 1.29 is 5.11 Å². The molecule has 0 aliphatic rings. The Morgan fingerprint density at radius 3 is 2.62 bits per heavy atom. The van der Waals surface area contributed by atoms with Crippen LogP contribution in [-0.2, 0) is 0 Å². The number of unbranched alkanes of at least 4 members (excludes halogenated alkanes) is 3. The van der Waals surface area contributed by atoms with E-state index >= 15 is 0 Å². The number of nitrogens with zero attached hydrogens (tertiary/aromatic N) is 4. The second kappa shape index (κ2) is 8.71. The summed E-state index contributed by atoms with van der Waals surface area (Å²) in [5.41, 5.74) is 2.01. The quantitative estimate of drug-likeness (QED) is 0.508. The molecule has 0 bridgehead atoms. The van der Waals surface area contributed by atoms with Gasteiger partial charge in [0.2, 0.25) is 5.65 Å². The van der Waals surface area contributed by atoms with Gasteiger partial charge in [0.25, 0.3) is 0 Å². The number of aliphatic hydroxyl groups is 1. The number of fused-ring (bicyclic) bond motifs is 1. The predicted octanol–water partition coefficient (Wildman–Crippen LogP) is 3.55. The maximum Gasteiger partial charge on any atom is 0.207 e. The smallest absolute Gasteiger partial charge is 0.207 e. The lowest BCUT2D eigenvalue weighted by Gasteiger charge is -2.22. The van der Waals surface area contributed by atoms with Gasteiger partial charge in [0.1, 0.15) is 0 Å². The lowest BCUT2D eigenvalue weighted by Crippen LogP contribution is -2.32. The van der Waals surface area contributed by atoms with Gasteiger partial charge in [-0.05, 0) is 13.3 Å². The third-order valence-electron chi connectivity index (χ3n) is 4.49. The zero-order chi connectivity index (χ0) is 18.4. The Hall–Kier alpha value is -2.54. The van der Waals surface area contributed by atoms with Crippen molar-refractivity contribution in [1.29, 1.82) is 0 Å². The highest BCUT2D eigenvalue weighted by Gasteiger charge is 2.19. The fraction of sp³-hybridized carbons (Fsp3) is 0.474. The van der Waals surface area contributed by atoms with Crippen LogP contribution >= 0.6 is 0 Å². The van der Waals surface area contributed by atoms with E-state index in [0.29, 0.717) is 22.8 Å². The van der Waals surface area contributed by atoms with Gasteiger partial charge in [-0.25, -0.2) is 9.97 Å². The van der Waals surface area contributed by atoms with Crippen molar-refractivity contribution in [3.05, 3.63) is 30.3 Å². The molecule has 0 unspecified atom stereocenters. The summed E-state index contributed by atoms with van der Waals surface area (Å²) < 4.78 is 0. The van der Waals surface area contributed by atoms with Crippen LogP contribution in [0.3, 0.4) is 0 Å². The maximum atomic E-state index is 10.2. The largest absolute Gasteiger partial charge is 0.391 e. The van der Waals surface area contributed by atoms with Crippen molar-refractivity contribution in [1.82, 2.24) is 25.4 Å². The van der Waals surface area contributed by atoms with Gasteiger partial charge >= 0.3 is 0 Å². The fourth-order valence-corrected chi connectivity index (χ4v) is 2.96. The van der Waals surface area contributed by atoms with Crippen molar-refractivity contribution in [2.75, 3.05) is 5.32 Å². The van der Waals surface area contributed by atoms with Crippen molar-refractivity contribution in [2.45, 2.75) is 58.1 Å². The van der Waals surface area contributed by atoms with Crippen LogP contribution in [-0.4, -0.2) is 42.6 Å². The number of hydrogen-bond donors (Lipinski definition) is 3. The minimum atomic E-state index is -0.492. The molecule has 2 atom stereocenters. The molecule has 7 nitrogen and oxygen atoms in total. The molecule has 0 saturated heterocycles. The third-order valence-corrected chi connectivity index (χ3v) is 4.49. The van der Waals surface area contributed by atoms with Gasteiger partial charge in [-0.3, -0.25) is 0 Å². The molecule has 3 rings (SSSR count). The molecule has 0 saturated carbocycles. The molecular formula is C19H26N6O. The summed E-state index contributed by atoms with van der Waals surface area (Å²) in [4.78, 5) is 9.14. The molecular weight excluding hydrogens is 328 g/mol. The Kier molecular flexibility index (Phi) is 6.12. The van der Waals surface area contributed by atoms with Crippen LogP contribution in [0.1, 0.15) is 46.0 Å². The number of aromatic amines is 1. The molecule has 0 amide bonds. The maximum absolute atomic E-state index is 10.2. The van der Waals surface area contributed by atoms with E-state index in [1.54, 1.807) is 6.92 Å². The summed E-state index contributed by atoms with van der Waals surface area (Å²) in [6, 6.07) is 9.68. The number of hydrogen-bond acceptors (Lipinski definition) is 6. The molecule has 7 heteroatoms. The number of nitrogens with one attached hydrogen (secondary N) is 2. The number of benzene rings is 1. The molecule has 0 aliphatic heterocycles. The van der Waals surface area contributed by atoms with E-state index in [0.717, 1.165) is 18.4 Å². The Balaban J connectivity index is 1.86. The number of rotatable bonds is 9. The Labute approximate surface area is 153 Å². The second-order valence-electron chi connectivity index (χ2n) is 6.60. The summed E-state index contributed by atoms with van der Waals surface area (Å²) in [5, 5.41) is 24.5. The molecule has 0 radical (unpaired) electrons. The van der Waals surface area contributed by atoms with Gasteiger partial charge in [-0.1, -0.05) is 62.9 Å². The predicted molar refractivity (Wildman–Crippen MR) is 103 cm³/mol. The van der Waals surface area contributed by atoms with Gasteiger partial charge in [-0.2, -0.15) is 10.3 Å². The number of aliphatic hydroxyl groups excluding tert-OH is 1. The van der Waals surface area contributed by atoms with E-state index < -0.39 is 6.10 Å². The van der Waals surface area contributed by atoms with Crippen LogP contribution < -0.4 is 5.32 Å². The zero-order valence-corrected chi connectivity index (χ0v) is 15.3. The summed E-state index contributed by atoms with van der Waals surface area (Å²) in [6.45, 7) is 3.99. The Morgan fingerprint density at radius 1 is 1.08 bits per heavy atom. The molecule has 2 heterocycles. The van der Waals surface area contributed by atoms with Crippen LogP contribution in [0.2, 0.25) is 0 Å². The Morgan fingerprint density at radius 2 is 1.88 bits per heavy atom. The van der Waals surface area contributed by atoms with E-state index in [2.05, 4.69) is 37.6 Å². The summed E-state index contributed by atoms with van der Waals surface area (Å²) in [6.07, 6.45) is 5.02. The number of H-pyrrole nitrogens is 1. The third kappa shape index (κ3) is 4.35. The van der Waals surface area contributed by atoms with E-state index in [1.807, 2.05) is 30.3 Å². The molecule has 1 aromatic carbocycles. The average Bonchev–Trinajstić information content (AvgIpc) is 3.13. The van der Waals surface area contributed by atoms with Gasteiger partial charge in [-0.15, -0.1) is 5.10 Å². The van der Waals surface area contributed by atoms with Gasteiger partial charge in [0, 0.05) is 5.56 Å². The van der Waals surface area contributed by atoms with Crippen molar-refractivity contribution in [3.63, 3.8) is 0 Å². The van der Waals surface area contributed by atoms with Crippen molar-refractivity contribution in [3.8, 4) is 11.4 Å². The zero-order valence-electron chi connectivity index (χ0n) is 15.3. The monoisotopic (exact) mass is 354 g/mol. The summed E-state index contributed by atoms with van der Waals surface area (Å²) >= 11 is 0. The van der Waals surface area contributed by atoms with Crippen molar-refractivity contribution >= 4 is 17.0 Å². The standard InChI is InChI=1S/C19H26N6O/c1-3-4-5-9-12-15(13(2)26)20-18-16-19(24-25-23-16)22-17(21-18)14-10-7-6-8-11-14/h6-8,10-11,13,15,26H,3-5,9,12H2,1-2H3,(H2,20,21,22,23,24,25)/t13-,15-/m0/s1. The van der Waals surface area contributed by atoms with E-state index in [4.69, 9.17) is 0 Å². The molecule has 0 fully saturated rings. The molecule has 3 N–H and O–H groups in total. The lowest BCUT2D eigenvalue weighted by molar-refractivity contribution is 0.165. The molecule has 2 aromatic heterocycles. The van der Waals surface area contributed by atoms with E-state index in [1.165, 1.54) is 19.3 Å². The molecule has 3 aromatic rings. The molecule has 0 aliphatic carbocycles. The number of anilines is 1. The highest BCUT2D eigenvalue weighted by molar-refractivity contribution is 5.84. The van der Waals surface area contributed by atoms with Crippen LogP contribution in [0.4, 0.5) is 5.82 Å². The van der Waals surface area contributed by atoms with Crippen LogP contribution in [0.5, 0.6) is 0 Å². The summed E-state index contributed by atoms with van der Waals surface area (Å²) in [5.74, 6) is 1.19. The van der Waals surface area contributed by atoms with E-state index in [9.17, 15) is 5.11 Å². The fourth-order valence-electron chi connectivity index (χ4n) is 2.96. The normalized spacial score (nSPS) is 13.7. The molecule has 26 heavy (non-hydrogen) atoms. The average molecular weight is 354 g/mol. The van der Waals surface area contributed by atoms with Crippen LogP contribution in [0.25, 0.3) is 22.6 Å². The van der Waals surface area contributed by atoms with Gasteiger partial charge in [0.15, 0.2) is 17.2 Å². The number of aromatic nitrogens is 5. The van der Waals surface area contributed by atoms with Crippen LogP contribution in [0.15, 0.2) is 30.3 Å². The minimum Gasteiger partial charge on any atom is -0.391 e. The topological polar surface area (TPSA) is 99.6 Å². The first-order valence-corrected chi connectivity index (χ1v) is 9.27. The highest BCUT2D eigenvalue weighted by atomic mass is 16.3. The first-order chi connectivity index (χ1) is 12.7. The first kappa shape index (κ1) is 18.3.